The van der Waals surface area contributed by atoms with Crippen LogP contribution in [0.4, 0.5) is 0 Å². The van der Waals surface area contributed by atoms with Crippen LogP contribution in [0.3, 0.4) is 0 Å². The lowest BCUT2D eigenvalue weighted by Crippen LogP contribution is -2.43. The van der Waals surface area contributed by atoms with E-state index in [4.69, 9.17) is 5.11 Å². The minimum atomic E-state index is -0.0181. The van der Waals surface area contributed by atoms with Crippen molar-refractivity contribution in [3.8, 4) is 0 Å². The Morgan fingerprint density at radius 3 is 2.64 bits per heavy atom. The SMILES string of the molecule is CCN(C)CC(C)NCC1CC(O)C1. The lowest BCUT2D eigenvalue weighted by molar-refractivity contribution is 0.0416. The highest BCUT2D eigenvalue weighted by Gasteiger charge is 2.26. The first-order chi connectivity index (χ1) is 6.61. The van der Waals surface area contributed by atoms with Crippen LogP contribution in [0.25, 0.3) is 0 Å². The first kappa shape index (κ1) is 12.0. The average molecular weight is 200 g/mol. The van der Waals surface area contributed by atoms with E-state index in [1.165, 1.54) is 0 Å². The van der Waals surface area contributed by atoms with E-state index in [-0.39, 0.29) is 6.10 Å². The number of aliphatic hydroxyl groups excluding tert-OH is 1. The van der Waals surface area contributed by atoms with Crippen molar-refractivity contribution in [2.24, 2.45) is 5.92 Å². The maximum atomic E-state index is 9.13. The standard InChI is InChI=1S/C11H24N2O/c1-4-13(3)8-9(2)12-7-10-5-11(14)6-10/h9-12,14H,4-8H2,1-3H3. The highest BCUT2D eigenvalue weighted by molar-refractivity contribution is 4.81. The van der Waals surface area contributed by atoms with Gasteiger partial charge in [0.15, 0.2) is 0 Å². The number of rotatable bonds is 6. The van der Waals surface area contributed by atoms with Crippen molar-refractivity contribution in [3.05, 3.63) is 0 Å². The summed E-state index contributed by atoms with van der Waals surface area (Å²) in [6, 6.07) is 0.553. The molecule has 0 spiro atoms. The summed E-state index contributed by atoms with van der Waals surface area (Å²) in [7, 11) is 2.14. The summed E-state index contributed by atoms with van der Waals surface area (Å²) in [4.78, 5) is 2.31. The molecule has 0 amide bonds. The van der Waals surface area contributed by atoms with Crippen molar-refractivity contribution < 1.29 is 5.11 Å². The Hall–Kier alpha value is -0.120. The van der Waals surface area contributed by atoms with E-state index in [0.29, 0.717) is 12.0 Å². The molecule has 0 aliphatic heterocycles. The van der Waals surface area contributed by atoms with Gasteiger partial charge in [0.1, 0.15) is 0 Å². The van der Waals surface area contributed by atoms with Gasteiger partial charge in [-0.2, -0.15) is 0 Å². The molecule has 1 unspecified atom stereocenters. The highest BCUT2D eigenvalue weighted by atomic mass is 16.3. The van der Waals surface area contributed by atoms with Crippen molar-refractivity contribution in [1.82, 2.24) is 10.2 Å². The molecule has 1 aliphatic carbocycles. The van der Waals surface area contributed by atoms with Gasteiger partial charge >= 0.3 is 0 Å². The van der Waals surface area contributed by atoms with Crippen LogP contribution in [0.1, 0.15) is 26.7 Å². The molecule has 1 aliphatic rings. The number of hydrogen-bond acceptors (Lipinski definition) is 3. The Morgan fingerprint density at radius 2 is 2.14 bits per heavy atom. The summed E-state index contributed by atoms with van der Waals surface area (Å²) in [6.45, 7) is 7.67. The van der Waals surface area contributed by atoms with Crippen LogP contribution in [0.2, 0.25) is 0 Å². The zero-order chi connectivity index (χ0) is 10.6. The van der Waals surface area contributed by atoms with E-state index in [9.17, 15) is 0 Å². The van der Waals surface area contributed by atoms with E-state index in [1.54, 1.807) is 0 Å². The van der Waals surface area contributed by atoms with Gasteiger partial charge in [-0.3, -0.25) is 0 Å². The molecule has 3 heteroatoms. The second-order valence-electron chi connectivity index (χ2n) is 4.66. The molecular formula is C11H24N2O. The minimum Gasteiger partial charge on any atom is -0.393 e. The molecule has 0 aromatic heterocycles. The quantitative estimate of drug-likeness (QED) is 0.662. The third-order valence-corrected chi connectivity index (χ3v) is 3.09. The second-order valence-corrected chi connectivity index (χ2v) is 4.66. The molecule has 0 bridgehead atoms. The van der Waals surface area contributed by atoms with Gasteiger partial charge in [0.2, 0.25) is 0 Å². The molecule has 1 saturated carbocycles. The largest absolute Gasteiger partial charge is 0.393 e. The van der Waals surface area contributed by atoms with Crippen LogP contribution in [-0.2, 0) is 0 Å². The summed E-state index contributed by atoms with van der Waals surface area (Å²) >= 11 is 0. The van der Waals surface area contributed by atoms with Crippen molar-refractivity contribution in [2.45, 2.75) is 38.8 Å². The summed E-state index contributed by atoms with van der Waals surface area (Å²) in [6.07, 6.45) is 1.96. The number of nitrogens with zero attached hydrogens (tertiary/aromatic N) is 1. The normalized spacial score (nSPS) is 28.9. The molecule has 0 saturated heterocycles. The molecular weight excluding hydrogens is 176 g/mol. The van der Waals surface area contributed by atoms with E-state index in [0.717, 1.165) is 32.5 Å². The van der Waals surface area contributed by atoms with E-state index < -0.39 is 0 Å². The van der Waals surface area contributed by atoms with Crippen molar-refractivity contribution >= 4 is 0 Å². The first-order valence-electron chi connectivity index (χ1n) is 5.71. The predicted molar refractivity (Wildman–Crippen MR) is 59.4 cm³/mol. The van der Waals surface area contributed by atoms with Gasteiger partial charge in [-0.25, -0.2) is 0 Å². The monoisotopic (exact) mass is 200 g/mol. The number of hydrogen-bond donors (Lipinski definition) is 2. The zero-order valence-corrected chi connectivity index (χ0v) is 9.66. The number of aliphatic hydroxyl groups is 1. The van der Waals surface area contributed by atoms with Gasteiger partial charge in [0.25, 0.3) is 0 Å². The lowest BCUT2D eigenvalue weighted by Gasteiger charge is -2.33. The Kier molecular flexibility index (Phi) is 4.85. The molecule has 3 nitrogen and oxygen atoms in total. The van der Waals surface area contributed by atoms with Crippen LogP contribution in [-0.4, -0.2) is 48.8 Å². The smallest absolute Gasteiger partial charge is 0.0546 e. The summed E-state index contributed by atoms with van der Waals surface area (Å²) in [5.41, 5.74) is 0. The fraction of sp³-hybridized carbons (Fsp3) is 1.00. The highest BCUT2D eigenvalue weighted by Crippen LogP contribution is 2.26. The van der Waals surface area contributed by atoms with Gasteiger partial charge in [-0.15, -0.1) is 0 Å². The molecule has 2 N–H and O–H groups in total. The topological polar surface area (TPSA) is 35.5 Å². The summed E-state index contributed by atoms with van der Waals surface area (Å²) in [5.74, 6) is 0.708. The number of nitrogens with one attached hydrogen (secondary N) is 1. The van der Waals surface area contributed by atoms with E-state index >= 15 is 0 Å². The van der Waals surface area contributed by atoms with Crippen LogP contribution < -0.4 is 5.32 Å². The molecule has 84 valence electrons. The molecule has 14 heavy (non-hydrogen) atoms. The van der Waals surface area contributed by atoms with E-state index in [2.05, 4.69) is 31.1 Å². The predicted octanol–water partition coefficient (Wildman–Crippen LogP) is 0.687. The first-order valence-corrected chi connectivity index (χ1v) is 5.71. The van der Waals surface area contributed by atoms with Gasteiger partial charge in [-0.1, -0.05) is 6.92 Å². The Labute approximate surface area is 87.5 Å². The Balaban J connectivity index is 2.00. The second kappa shape index (κ2) is 5.69. The zero-order valence-electron chi connectivity index (χ0n) is 9.66. The summed E-state index contributed by atoms with van der Waals surface area (Å²) < 4.78 is 0. The molecule has 0 aromatic rings. The van der Waals surface area contributed by atoms with Gasteiger partial charge in [0, 0.05) is 12.6 Å². The fourth-order valence-electron chi connectivity index (χ4n) is 1.90. The maximum absolute atomic E-state index is 9.13. The van der Waals surface area contributed by atoms with Gasteiger partial charge in [-0.05, 0) is 45.8 Å². The molecule has 1 fully saturated rings. The minimum absolute atomic E-state index is 0.0181. The number of likely N-dealkylation sites (N-methyl/N-ethyl adjacent to an activating group) is 1. The van der Waals surface area contributed by atoms with Gasteiger partial charge < -0.3 is 15.3 Å². The molecule has 0 aromatic carbocycles. The van der Waals surface area contributed by atoms with Crippen LogP contribution in [0, 0.1) is 5.92 Å². The Morgan fingerprint density at radius 1 is 1.50 bits per heavy atom. The third-order valence-electron chi connectivity index (χ3n) is 3.09. The molecule has 1 atom stereocenters. The average Bonchev–Trinajstić information content (AvgIpc) is 2.10. The van der Waals surface area contributed by atoms with Crippen molar-refractivity contribution in [2.75, 3.05) is 26.7 Å². The van der Waals surface area contributed by atoms with Crippen molar-refractivity contribution in [1.29, 1.82) is 0 Å². The lowest BCUT2D eigenvalue weighted by atomic mass is 9.82. The third kappa shape index (κ3) is 3.95. The molecule has 1 rings (SSSR count). The van der Waals surface area contributed by atoms with E-state index in [1.807, 2.05) is 0 Å². The molecule has 0 heterocycles. The van der Waals surface area contributed by atoms with Crippen LogP contribution in [0.5, 0.6) is 0 Å². The fourth-order valence-corrected chi connectivity index (χ4v) is 1.90. The molecule has 0 radical (unpaired) electrons. The van der Waals surface area contributed by atoms with Crippen molar-refractivity contribution in [3.63, 3.8) is 0 Å². The van der Waals surface area contributed by atoms with Crippen LogP contribution in [0.15, 0.2) is 0 Å². The van der Waals surface area contributed by atoms with Crippen LogP contribution >= 0.6 is 0 Å². The van der Waals surface area contributed by atoms with Gasteiger partial charge in [0.05, 0.1) is 6.10 Å². The Bertz CT molecular complexity index is 157. The summed E-state index contributed by atoms with van der Waals surface area (Å²) in [5, 5.41) is 12.6. The maximum Gasteiger partial charge on any atom is 0.0546 e.